The van der Waals surface area contributed by atoms with Crippen LogP contribution in [0.5, 0.6) is 0 Å². The van der Waals surface area contributed by atoms with Gasteiger partial charge in [-0.05, 0) is 31.9 Å². The molecular formula is C14H16N2O2. The lowest BCUT2D eigenvalue weighted by atomic mass is 9.99. The van der Waals surface area contributed by atoms with Gasteiger partial charge in [0.25, 0.3) is 0 Å². The molecule has 0 amide bonds. The normalized spacial score (nSPS) is 10.6. The van der Waals surface area contributed by atoms with Crippen LogP contribution in [0.1, 0.15) is 17.0 Å². The second-order valence-corrected chi connectivity index (χ2v) is 4.41. The Labute approximate surface area is 106 Å². The maximum absolute atomic E-state index is 10.8. The molecular weight excluding hydrogens is 228 g/mol. The standard InChI is InChI=1S/C14H16N2O2/c1-9-6-4-5-7-12(9)14-10(2)15-16(11(14)3)8-13(17)18/h4-7H,8H2,1-3H3,(H,17,18). The first-order valence-corrected chi connectivity index (χ1v) is 5.82. The summed E-state index contributed by atoms with van der Waals surface area (Å²) >= 11 is 0. The van der Waals surface area contributed by atoms with Gasteiger partial charge in [0.1, 0.15) is 6.54 Å². The highest BCUT2D eigenvalue weighted by Crippen LogP contribution is 2.29. The van der Waals surface area contributed by atoms with Crippen LogP contribution in [0.25, 0.3) is 11.1 Å². The fraction of sp³-hybridized carbons (Fsp3) is 0.286. The van der Waals surface area contributed by atoms with Gasteiger partial charge in [0.15, 0.2) is 0 Å². The highest BCUT2D eigenvalue weighted by atomic mass is 16.4. The van der Waals surface area contributed by atoms with E-state index in [0.29, 0.717) is 0 Å². The second-order valence-electron chi connectivity index (χ2n) is 4.41. The van der Waals surface area contributed by atoms with Gasteiger partial charge >= 0.3 is 5.97 Å². The lowest BCUT2D eigenvalue weighted by Gasteiger charge is -2.06. The van der Waals surface area contributed by atoms with E-state index in [1.807, 2.05) is 45.0 Å². The molecule has 2 rings (SSSR count). The molecule has 0 aliphatic carbocycles. The molecule has 1 heterocycles. The molecule has 0 atom stereocenters. The van der Waals surface area contributed by atoms with Crippen molar-refractivity contribution in [3.8, 4) is 11.1 Å². The van der Waals surface area contributed by atoms with Crippen LogP contribution in [0.3, 0.4) is 0 Å². The van der Waals surface area contributed by atoms with Crippen LogP contribution in [0.15, 0.2) is 24.3 Å². The van der Waals surface area contributed by atoms with Gasteiger partial charge in [-0.1, -0.05) is 24.3 Å². The quantitative estimate of drug-likeness (QED) is 0.902. The summed E-state index contributed by atoms with van der Waals surface area (Å²) in [6, 6.07) is 8.06. The number of hydrogen-bond donors (Lipinski definition) is 1. The Morgan fingerprint density at radius 2 is 1.94 bits per heavy atom. The maximum atomic E-state index is 10.8. The third-order valence-corrected chi connectivity index (χ3v) is 3.08. The zero-order valence-corrected chi connectivity index (χ0v) is 10.8. The number of rotatable bonds is 3. The van der Waals surface area contributed by atoms with Crippen LogP contribution in [0, 0.1) is 20.8 Å². The van der Waals surface area contributed by atoms with Crippen LogP contribution < -0.4 is 0 Å². The summed E-state index contributed by atoms with van der Waals surface area (Å²) in [4.78, 5) is 10.8. The van der Waals surface area contributed by atoms with Gasteiger partial charge < -0.3 is 5.11 Å². The average Bonchev–Trinajstić information content (AvgIpc) is 2.55. The van der Waals surface area contributed by atoms with Crippen molar-refractivity contribution in [1.29, 1.82) is 0 Å². The van der Waals surface area contributed by atoms with E-state index in [0.717, 1.165) is 22.5 Å². The predicted octanol–water partition coefficient (Wildman–Crippen LogP) is 2.56. The smallest absolute Gasteiger partial charge is 0.325 e. The molecule has 1 aromatic heterocycles. The molecule has 4 nitrogen and oxygen atoms in total. The lowest BCUT2D eigenvalue weighted by molar-refractivity contribution is -0.137. The molecule has 4 heteroatoms. The molecule has 0 saturated heterocycles. The summed E-state index contributed by atoms with van der Waals surface area (Å²) in [6.07, 6.45) is 0. The minimum Gasteiger partial charge on any atom is -0.480 e. The number of carbonyl (C=O) groups is 1. The van der Waals surface area contributed by atoms with Crippen LogP contribution in [-0.4, -0.2) is 20.9 Å². The third-order valence-electron chi connectivity index (χ3n) is 3.08. The van der Waals surface area contributed by atoms with Gasteiger partial charge in [0.2, 0.25) is 0 Å². The summed E-state index contributed by atoms with van der Waals surface area (Å²) in [6.45, 7) is 5.76. The Balaban J connectivity index is 2.56. The van der Waals surface area contributed by atoms with Crippen molar-refractivity contribution in [1.82, 2.24) is 9.78 Å². The minimum atomic E-state index is -0.878. The molecule has 0 unspecified atom stereocenters. The van der Waals surface area contributed by atoms with Gasteiger partial charge in [-0.2, -0.15) is 5.10 Å². The molecule has 94 valence electrons. The zero-order chi connectivity index (χ0) is 13.3. The Bertz CT molecular complexity index is 600. The molecule has 0 bridgehead atoms. The third kappa shape index (κ3) is 2.14. The molecule has 0 saturated carbocycles. The Morgan fingerprint density at radius 3 is 2.56 bits per heavy atom. The Kier molecular flexibility index (Phi) is 3.19. The van der Waals surface area contributed by atoms with Gasteiger partial charge in [-0.15, -0.1) is 0 Å². The average molecular weight is 244 g/mol. The minimum absolute atomic E-state index is 0.0987. The second kappa shape index (κ2) is 4.64. The van der Waals surface area contributed by atoms with Crippen LogP contribution in [0.2, 0.25) is 0 Å². The number of carboxylic acid groups (broad SMARTS) is 1. The Morgan fingerprint density at radius 1 is 1.28 bits per heavy atom. The van der Waals surface area contributed by atoms with E-state index in [1.54, 1.807) is 4.68 Å². The van der Waals surface area contributed by atoms with Crippen LogP contribution in [0.4, 0.5) is 0 Å². The molecule has 18 heavy (non-hydrogen) atoms. The summed E-state index contributed by atoms with van der Waals surface area (Å²) in [5.74, 6) is -0.878. The summed E-state index contributed by atoms with van der Waals surface area (Å²) in [5.41, 5.74) is 5.07. The fourth-order valence-electron chi connectivity index (χ4n) is 2.22. The highest BCUT2D eigenvalue weighted by Gasteiger charge is 2.15. The summed E-state index contributed by atoms with van der Waals surface area (Å²) in [5, 5.41) is 13.2. The molecule has 0 aliphatic rings. The molecule has 0 spiro atoms. The zero-order valence-electron chi connectivity index (χ0n) is 10.8. The number of aromatic nitrogens is 2. The van der Waals surface area contributed by atoms with E-state index in [2.05, 4.69) is 5.10 Å². The fourth-order valence-corrected chi connectivity index (χ4v) is 2.22. The van der Waals surface area contributed by atoms with Crippen molar-refractivity contribution < 1.29 is 9.90 Å². The van der Waals surface area contributed by atoms with Crippen LogP contribution >= 0.6 is 0 Å². The number of hydrogen-bond acceptors (Lipinski definition) is 2. The van der Waals surface area contributed by atoms with Gasteiger partial charge in [0, 0.05) is 11.3 Å². The van der Waals surface area contributed by atoms with Gasteiger partial charge in [0.05, 0.1) is 5.69 Å². The number of carboxylic acids is 1. The van der Waals surface area contributed by atoms with E-state index in [-0.39, 0.29) is 6.54 Å². The first-order chi connectivity index (χ1) is 8.50. The molecule has 0 radical (unpaired) electrons. The highest BCUT2D eigenvalue weighted by molar-refractivity contribution is 5.72. The van der Waals surface area contributed by atoms with Crippen molar-refractivity contribution in [3.05, 3.63) is 41.2 Å². The number of benzene rings is 1. The van der Waals surface area contributed by atoms with E-state index in [1.165, 1.54) is 5.56 Å². The van der Waals surface area contributed by atoms with E-state index in [4.69, 9.17) is 5.11 Å². The van der Waals surface area contributed by atoms with E-state index < -0.39 is 5.97 Å². The first kappa shape index (κ1) is 12.4. The van der Waals surface area contributed by atoms with Crippen LogP contribution in [-0.2, 0) is 11.3 Å². The van der Waals surface area contributed by atoms with E-state index >= 15 is 0 Å². The van der Waals surface area contributed by atoms with Crippen molar-refractivity contribution >= 4 is 5.97 Å². The maximum Gasteiger partial charge on any atom is 0.325 e. The molecule has 1 N–H and O–H groups in total. The molecule has 0 aliphatic heterocycles. The van der Waals surface area contributed by atoms with Crippen molar-refractivity contribution in [2.24, 2.45) is 0 Å². The number of aryl methyl sites for hydroxylation is 2. The summed E-state index contributed by atoms with van der Waals surface area (Å²) in [7, 11) is 0. The SMILES string of the molecule is Cc1ccccc1-c1c(C)nn(CC(=O)O)c1C. The van der Waals surface area contributed by atoms with Gasteiger partial charge in [-0.25, -0.2) is 0 Å². The predicted molar refractivity (Wildman–Crippen MR) is 69.5 cm³/mol. The monoisotopic (exact) mass is 244 g/mol. The van der Waals surface area contributed by atoms with Crippen molar-refractivity contribution in [2.75, 3.05) is 0 Å². The topological polar surface area (TPSA) is 55.1 Å². The number of aliphatic carboxylic acids is 1. The largest absolute Gasteiger partial charge is 0.480 e. The number of nitrogens with zero attached hydrogens (tertiary/aromatic N) is 2. The van der Waals surface area contributed by atoms with Crippen molar-refractivity contribution in [2.45, 2.75) is 27.3 Å². The molecule has 1 aromatic carbocycles. The molecule has 2 aromatic rings. The lowest BCUT2D eigenvalue weighted by Crippen LogP contribution is -2.11. The van der Waals surface area contributed by atoms with Gasteiger partial charge in [-0.3, -0.25) is 9.48 Å². The first-order valence-electron chi connectivity index (χ1n) is 5.82. The van der Waals surface area contributed by atoms with Crippen molar-refractivity contribution in [3.63, 3.8) is 0 Å². The van der Waals surface area contributed by atoms with E-state index in [9.17, 15) is 4.79 Å². The summed E-state index contributed by atoms with van der Waals surface area (Å²) < 4.78 is 1.54. The Hall–Kier alpha value is -2.10. The molecule has 0 fully saturated rings.